The Balaban J connectivity index is 1.61. The van der Waals surface area contributed by atoms with Gasteiger partial charge in [-0.05, 0) is 53.8 Å². The number of halogens is 2. The molecule has 1 aromatic heterocycles. The first-order valence-electron chi connectivity index (χ1n) is 6.93. The van der Waals surface area contributed by atoms with Gasteiger partial charge < -0.3 is 10.3 Å². The summed E-state index contributed by atoms with van der Waals surface area (Å²) < 4.78 is 13.0. The molecule has 0 aliphatic rings. The average Bonchev–Trinajstić information content (AvgIpc) is 2.94. The summed E-state index contributed by atoms with van der Waals surface area (Å²) >= 11 is 5.87. The summed E-state index contributed by atoms with van der Waals surface area (Å²) in [7, 11) is 0. The molecule has 0 fully saturated rings. The van der Waals surface area contributed by atoms with Crippen LogP contribution in [0, 0.1) is 5.82 Å². The van der Waals surface area contributed by atoms with Crippen molar-refractivity contribution in [3.63, 3.8) is 0 Å². The van der Waals surface area contributed by atoms with Crippen LogP contribution in [0.15, 0.2) is 48.7 Å². The first kappa shape index (κ1) is 14.6. The standard InChI is InChI=1S/C17H14ClFN2O/c18-15-10-13(19)2-3-14(15)17(22)21-7-5-11-1-4-16-12(9-11)6-8-20-16/h1-4,6,8-10,20H,5,7H2,(H,21,22). The molecule has 0 bridgehead atoms. The lowest BCUT2D eigenvalue weighted by atomic mass is 10.1. The molecule has 2 aromatic carbocycles. The predicted molar refractivity (Wildman–Crippen MR) is 85.7 cm³/mol. The topological polar surface area (TPSA) is 44.9 Å². The average molecular weight is 317 g/mol. The van der Waals surface area contributed by atoms with Gasteiger partial charge in [-0.25, -0.2) is 4.39 Å². The molecule has 3 aromatic rings. The second-order valence-corrected chi connectivity index (χ2v) is 5.44. The van der Waals surface area contributed by atoms with E-state index in [4.69, 9.17) is 11.6 Å². The van der Waals surface area contributed by atoms with E-state index in [0.717, 1.165) is 22.5 Å². The highest BCUT2D eigenvalue weighted by Gasteiger charge is 2.10. The van der Waals surface area contributed by atoms with Crippen molar-refractivity contribution in [1.82, 2.24) is 10.3 Å². The molecule has 0 atom stereocenters. The van der Waals surface area contributed by atoms with Gasteiger partial charge in [0.15, 0.2) is 0 Å². The third-order valence-electron chi connectivity index (χ3n) is 3.49. The van der Waals surface area contributed by atoms with Crippen molar-refractivity contribution in [2.24, 2.45) is 0 Å². The number of hydrogen-bond donors (Lipinski definition) is 2. The van der Waals surface area contributed by atoms with Crippen molar-refractivity contribution in [3.8, 4) is 0 Å². The molecule has 3 rings (SSSR count). The Kier molecular flexibility index (Phi) is 4.11. The van der Waals surface area contributed by atoms with Crippen LogP contribution in [0.2, 0.25) is 5.02 Å². The van der Waals surface area contributed by atoms with Crippen LogP contribution in [0.3, 0.4) is 0 Å². The number of nitrogens with one attached hydrogen (secondary N) is 2. The number of rotatable bonds is 4. The first-order chi connectivity index (χ1) is 10.6. The number of aromatic nitrogens is 1. The molecule has 2 N–H and O–H groups in total. The number of hydrogen-bond acceptors (Lipinski definition) is 1. The maximum absolute atomic E-state index is 13.0. The molecule has 0 saturated carbocycles. The molecule has 0 unspecified atom stereocenters. The summed E-state index contributed by atoms with van der Waals surface area (Å²) in [4.78, 5) is 15.2. The quantitative estimate of drug-likeness (QED) is 0.752. The maximum Gasteiger partial charge on any atom is 0.252 e. The summed E-state index contributed by atoms with van der Waals surface area (Å²) in [6.45, 7) is 0.489. The van der Waals surface area contributed by atoms with Gasteiger partial charge in [-0.2, -0.15) is 0 Å². The van der Waals surface area contributed by atoms with Crippen LogP contribution in [-0.4, -0.2) is 17.4 Å². The van der Waals surface area contributed by atoms with E-state index in [-0.39, 0.29) is 16.5 Å². The molecule has 1 heterocycles. The van der Waals surface area contributed by atoms with Gasteiger partial charge in [0.2, 0.25) is 0 Å². The molecule has 112 valence electrons. The van der Waals surface area contributed by atoms with Crippen LogP contribution in [-0.2, 0) is 6.42 Å². The van der Waals surface area contributed by atoms with E-state index >= 15 is 0 Å². The minimum Gasteiger partial charge on any atom is -0.361 e. The second-order valence-electron chi connectivity index (χ2n) is 5.03. The van der Waals surface area contributed by atoms with Gasteiger partial charge in [0.05, 0.1) is 10.6 Å². The summed E-state index contributed by atoms with van der Waals surface area (Å²) in [6.07, 6.45) is 2.61. The Morgan fingerprint density at radius 2 is 2.05 bits per heavy atom. The number of amides is 1. The summed E-state index contributed by atoms with van der Waals surface area (Å²) in [5, 5.41) is 4.06. The third-order valence-corrected chi connectivity index (χ3v) is 3.81. The number of carbonyl (C=O) groups excluding carboxylic acids is 1. The Morgan fingerprint density at radius 3 is 2.86 bits per heavy atom. The Hall–Kier alpha value is -2.33. The molecule has 0 aliphatic heterocycles. The van der Waals surface area contributed by atoms with Gasteiger partial charge in [-0.3, -0.25) is 4.79 Å². The Labute approximate surface area is 132 Å². The van der Waals surface area contributed by atoms with Crippen molar-refractivity contribution in [1.29, 1.82) is 0 Å². The van der Waals surface area contributed by atoms with Gasteiger partial charge in [-0.1, -0.05) is 17.7 Å². The third kappa shape index (κ3) is 3.12. The molecular weight excluding hydrogens is 303 g/mol. The van der Waals surface area contributed by atoms with Crippen molar-refractivity contribution in [2.75, 3.05) is 6.54 Å². The first-order valence-corrected chi connectivity index (χ1v) is 7.30. The zero-order valence-electron chi connectivity index (χ0n) is 11.7. The highest BCUT2D eigenvalue weighted by Crippen LogP contribution is 2.17. The largest absolute Gasteiger partial charge is 0.361 e. The molecule has 1 amide bonds. The number of fused-ring (bicyclic) bond motifs is 1. The normalized spacial score (nSPS) is 10.8. The number of benzene rings is 2. The fraction of sp³-hybridized carbons (Fsp3) is 0.118. The fourth-order valence-electron chi connectivity index (χ4n) is 2.35. The van der Waals surface area contributed by atoms with Crippen molar-refractivity contribution in [2.45, 2.75) is 6.42 Å². The number of carbonyl (C=O) groups is 1. The molecule has 0 saturated heterocycles. The molecule has 0 aliphatic carbocycles. The summed E-state index contributed by atoms with van der Waals surface area (Å²) in [6, 6.07) is 11.9. The SMILES string of the molecule is O=C(NCCc1ccc2[nH]ccc2c1)c1ccc(F)cc1Cl. The Bertz CT molecular complexity index is 828. The maximum atomic E-state index is 13.0. The zero-order chi connectivity index (χ0) is 15.5. The summed E-state index contributed by atoms with van der Waals surface area (Å²) in [5.74, 6) is -0.755. The number of H-pyrrole nitrogens is 1. The number of aromatic amines is 1. The van der Waals surface area contributed by atoms with E-state index in [1.54, 1.807) is 0 Å². The molecule has 22 heavy (non-hydrogen) atoms. The van der Waals surface area contributed by atoms with Gasteiger partial charge in [0, 0.05) is 18.3 Å². The van der Waals surface area contributed by atoms with Gasteiger partial charge in [0.1, 0.15) is 5.82 Å². The van der Waals surface area contributed by atoms with Crippen LogP contribution < -0.4 is 5.32 Å². The minimum atomic E-state index is -0.457. The monoisotopic (exact) mass is 316 g/mol. The Morgan fingerprint density at radius 1 is 1.18 bits per heavy atom. The van der Waals surface area contributed by atoms with Crippen LogP contribution >= 0.6 is 11.6 Å². The molecule has 3 nitrogen and oxygen atoms in total. The molecule has 0 radical (unpaired) electrons. The van der Waals surface area contributed by atoms with Gasteiger partial charge in [0.25, 0.3) is 5.91 Å². The minimum absolute atomic E-state index is 0.117. The van der Waals surface area contributed by atoms with Crippen LogP contribution in [0.4, 0.5) is 4.39 Å². The van der Waals surface area contributed by atoms with E-state index in [2.05, 4.69) is 16.4 Å². The smallest absolute Gasteiger partial charge is 0.252 e. The fourth-order valence-corrected chi connectivity index (χ4v) is 2.60. The highest BCUT2D eigenvalue weighted by atomic mass is 35.5. The van der Waals surface area contributed by atoms with Crippen molar-refractivity contribution < 1.29 is 9.18 Å². The second kappa shape index (κ2) is 6.20. The predicted octanol–water partition coefficient (Wildman–Crippen LogP) is 3.93. The lowest BCUT2D eigenvalue weighted by molar-refractivity contribution is 0.0954. The van der Waals surface area contributed by atoms with Crippen LogP contribution in [0.25, 0.3) is 10.9 Å². The highest BCUT2D eigenvalue weighted by molar-refractivity contribution is 6.33. The zero-order valence-corrected chi connectivity index (χ0v) is 12.5. The van der Waals surface area contributed by atoms with Crippen molar-refractivity contribution in [3.05, 3.63) is 70.6 Å². The van der Waals surface area contributed by atoms with Crippen LogP contribution in [0.1, 0.15) is 15.9 Å². The molecule has 0 spiro atoms. The molecular formula is C17H14ClFN2O. The van der Waals surface area contributed by atoms with E-state index in [1.165, 1.54) is 12.1 Å². The van der Waals surface area contributed by atoms with E-state index < -0.39 is 5.82 Å². The van der Waals surface area contributed by atoms with Crippen LogP contribution in [0.5, 0.6) is 0 Å². The van der Waals surface area contributed by atoms with Gasteiger partial charge >= 0.3 is 0 Å². The van der Waals surface area contributed by atoms with Gasteiger partial charge in [-0.15, -0.1) is 0 Å². The van der Waals surface area contributed by atoms with E-state index in [9.17, 15) is 9.18 Å². The lowest BCUT2D eigenvalue weighted by Gasteiger charge is -2.07. The molecule has 5 heteroatoms. The van der Waals surface area contributed by atoms with E-state index in [1.807, 2.05) is 24.4 Å². The van der Waals surface area contributed by atoms with Crippen molar-refractivity contribution >= 4 is 28.4 Å². The van der Waals surface area contributed by atoms with E-state index in [0.29, 0.717) is 13.0 Å². The summed E-state index contributed by atoms with van der Waals surface area (Å²) in [5.41, 5.74) is 2.51. The lowest BCUT2D eigenvalue weighted by Crippen LogP contribution is -2.26.